The lowest BCUT2D eigenvalue weighted by Gasteiger charge is -2.23. The Kier molecular flexibility index (Phi) is 4.30. The van der Waals surface area contributed by atoms with Crippen LogP contribution in [-0.4, -0.2) is 22.5 Å². The number of thioether (sulfide) groups is 1. The third-order valence-electron chi connectivity index (χ3n) is 4.61. The van der Waals surface area contributed by atoms with Crippen molar-refractivity contribution in [1.29, 1.82) is 0 Å². The molecule has 4 rings (SSSR count). The number of nitrogen functional groups attached to an aromatic ring is 1. The fourth-order valence-electron chi connectivity index (χ4n) is 3.26. The van der Waals surface area contributed by atoms with Crippen LogP contribution in [0.15, 0.2) is 54.7 Å². The van der Waals surface area contributed by atoms with Gasteiger partial charge in [0.1, 0.15) is 5.82 Å². The van der Waals surface area contributed by atoms with Crippen LogP contribution in [0.4, 0.5) is 11.5 Å². The highest BCUT2D eigenvalue weighted by molar-refractivity contribution is 7.99. The summed E-state index contributed by atoms with van der Waals surface area (Å²) in [4.78, 5) is 4.63. The molecule has 122 valence electrons. The van der Waals surface area contributed by atoms with Gasteiger partial charge in [0.15, 0.2) is 0 Å². The summed E-state index contributed by atoms with van der Waals surface area (Å²) in [6, 6.07) is 17.1. The molecule has 0 unspecified atom stereocenters. The maximum absolute atomic E-state index is 6.10. The minimum atomic E-state index is 0.557. The molecule has 3 nitrogen and oxygen atoms in total. The average molecular weight is 335 g/mol. The molecule has 0 aliphatic carbocycles. The fraction of sp³-hybridized carbons (Fsp3) is 0.250. The summed E-state index contributed by atoms with van der Waals surface area (Å²) in [5.41, 5.74) is 9.21. The number of hydrogen-bond acceptors (Lipinski definition) is 4. The topological polar surface area (TPSA) is 50.9 Å². The maximum Gasteiger partial charge on any atom is 0.126 e. The van der Waals surface area contributed by atoms with Crippen LogP contribution in [0.1, 0.15) is 12.8 Å². The number of nitrogens with two attached hydrogens (primary N) is 1. The van der Waals surface area contributed by atoms with Gasteiger partial charge in [-0.15, -0.1) is 0 Å². The summed E-state index contributed by atoms with van der Waals surface area (Å²) < 4.78 is 0. The van der Waals surface area contributed by atoms with Gasteiger partial charge in [-0.1, -0.05) is 30.3 Å². The summed E-state index contributed by atoms with van der Waals surface area (Å²) >= 11 is 2.04. The number of nitrogens with zero attached hydrogens (tertiary/aromatic N) is 1. The van der Waals surface area contributed by atoms with Crippen molar-refractivity contribution >= 4 is 34.0 Å². The summed E-state index contributed by atoms with van der Waals surface area (Å²) in [5.74, 6) is 3.45. The molecule has 0 amide bonds. The normalized spacial score (nSPS) is 15.5. The first kappa shape index (κ1) is 15.3. The minimum absolute atomic E-state index is 0.557. The van der Waals surface area contributed by atoms with Crippen LogP contribution in [0.5, 0.6) is 0 Å². The Morgan fingerprint density at radius 1 is 0.958 bits per heavy atom. The number of nitrogens with one attached hydrogen (secondary N) is 1. The largest absolute Gasteiger partial charge is 0.398 e. The van der Waals surface area contributed by atoms with Gasteiger partial charge in [-0.2, -0.15) is 11.8 Å². The molecule has 0 atom stereocenters. The SMILES string of the molecule is Nc1ccc(-c2ccc(NC3CCSCC3)nc2)c2ccccc12. The average Bonchev–Trinajstić information content (AvgIpc) is 2.64. The molecule has 3 aromatic rings. The lowest BCUT2D eigenvalue weighted by Crippen LogP contribution is -2.24. The molecule has 1 saturated heterocycles. The molecular formula is C20H21N3S. The smallest absolute Gasteiger partial charge is 0.126 e. The van der Waals surface area contributed by atoms with E-state index in [0.717, 1.165) is 22.5 Å². The standard InChI is InChI=1S/C20H21N3S/c21-19-7-6-16(17-3-1-2-4-18(17)19)14-5-8-20(22-13-14)23-15-9-11-24-12-10-15/h1-8,13,15H,9-12,21H2,(H,22,23). The van der Waals surface area contributed by atoms with Gasteiger partial charge in [0.25, 0.3) is 0 Å². The Hall–Kier alpha value is -2.20. The van der Waals surface area contributed by atoms with Crippen molar-refractivity contribution in [3.63, 3.8) is 0 Å². The van der Waals surface area contributed by atoms with E-state index >= 15 is 0 Å². The number of fused-ring (bicyclic) bond motifs is 1. The Bertz CT molecular complexity index is 839. The number of aromatic nitrogens is 1. The molecule has 2 heterocycles. The number of benzene rings is 2. The van der Waals surface area contributed by atoms with Gasteiger partial charge in [-0.3, -0.25) is 0 Å². The second-order valence-corrected chi connectivity index (χ2v) is 7.44. The van der Waals surface area contributed by atoms with Crippen molar-refractivity contribution in [3.05, 3.63) is 54.7 Å². The summed E-state index contributed by atoms with van der Waals surface area (Å²) in [6.45, 7) is 0. The van der Waals surface area contributed by atoms with E-state index in [1.165, 1.54) is 35.3 Å². The minimum Gasteiger partial charge on any atom is -0.398 e. The third kappa shape index (κ3) is 3.06. The van der Waals surface area contributed by atoms with Crippen LogP contribution < -0.4 is 11.1 Å². The molecule has 1 aliphatic heterocycles. The quantitative estimate of drug-likeness (QED) is 0.676. The van der Waals surface area contributed by atoms with Gasteiger partial charge < -0.3 is 11.1 Å². The van der Waals surface area contributed by atoms with Crippen molar-refractivity contribution < 1.29 is 0 Å². The molecule has 0 bridgehead atoms. The van der Waals surface area contributed by atoms with Crippen LogP contribution in [0, 0.1) is 0 Å². The zero-order valence-corrected chi connectivity index (χ0v) is 14.4. The van der Waals surface area contributed by atoms with E-state index in [4.69, 9.17) is 5.73 Å². The third-order valence-corrected chi connectivity index (χ3v) is 5.65. The van der Waals surface area contributed by atoms with Crippen molar-refractivity contribution in [2.24, 2.45) is 0 Å². The zero-order chi connectivity index (χ0) is 16.4. The molecule has 1 fully saturated rings. The molecule has 0 saturated carbocycles. The molecule has 0 spiro atoms. The Morgan fingerprint density at radius 2 is 1.75 bits per heavy atom. The van der Waals surface area contributed by atoms with E-state index in [-0.39, 0.29) is 0 Å². The van der Waals surface area contributed by atoms with Gasteiger partial charge in [0.05, 0.1) is 0 Å². The summed E-state index contributed by atoms with van der Waals surface area (Å²) in [5, 5.41) is 5.83. The highest BCUT2D eigenvalue weighted by Crippen LogP contribution is 2.32. The first-order chi connectivity index (χ1) is 11.8. The maximum atomic E-state index is 6.10. The lowest BCUT2D eigenvalue weighted by atomic mass is 9.98. The summed E-state index contributed by atoms with van der Waals surface area (Å²) in [6.07, 6.45) is 4.39. The van der Waals surface area contributed by atoms with Crippen molar-refractivity contribution in [1.82, 2.24) is 4.98 Å². The molecule has 0 radical (unpaired) electrons. The second-order valence-electron chi connectivity index (χ2n) is 6.21. The Balaban J connectivity index is 1.62. The molecule has 2 aromatic carbocycles. The predicted molar refractivity (Wildman–Crippen MR) is 106 cm³/mol. The Labute approximate surface area is 146 Å². The van der Waals surface area contributed by atoms with Crippen molar-refractivity contribution in [2.75, 3.05) is 22.6 Å². The van der Waals surface area contributed by atoms with Gasteiger partial charge in [-0.25, -0.2) is 4.98 Å². The monoisotopic (exact) mass is 335 g/mol. The van der Waals surface area contributed by atoms with Gasteiger partial charge in [-0.05, 0) is 53.5 Å². The van der Waals surface area contributed by atoms with Crippen molar-refractivity contribution in [3.8, 4) is 11.1 Å². The zero-order valence-electron chi connectivity index (χ0n) is 13.5. The first-order valence-corrected chi connectivity index (χ1v) is 9.55. The molecule has 4 heteroatoms. The van der Waals surface area contributed by atoms with E-state index in [1.54, 1.807) is 0 Å². The van der Waals surface area contributed by atoms with E-state index < -0.39 is 0 Å². The van der Waals surface area contributed by atoms with E-state index in [1.807, 2.05) is 30.1 Å². The predicted octanol–water partition coefficient (Wildman–Crippen LogP) is 4.79. The fourth-order valence-corrected chi connectivity index (χ4v) is 4.37. The summed E-state index contributed by atoms with van der Waals surface area (Å²) in [7, 11) is 0. The molecule has 3 N–H and O–H groups in total. The van der Waals surface area contributed by atoms with Crippen LogP contribution in [0.2, 0.25) is 0 Å². The highest BCUT2D eigenvalue weighted by Gasteiger charge is 2.14. The number of hydrogen-bond donors (Lipinski definition) is 2. The van der Waals surface area contributed by atoms with Crippen LogP contribution in [-0.2, 0) is 0 Å². The molecular weight excluding hydrogens is 314 g/mol. The second kappa shape index (κ2) is 6.73. The number of rotatable bonds is 3. The van der Waals surface area contributed by atoms with Crippen LogP contribution >= 0.6 is 11.8 Å². The molecule has 24 heavy (non-hydrogen) atoms. The van der Waals surface area contributed by atoms with Gasteiger partial charge in [0.2, 0.25) is 0 Å². The van der Waals surface area contributed by atoms with Crippen LogP contribution in [0.3, 0.4) is 0 Å². The highest BCUT2D eigenvalue weighted by atomic mass is 32.2. The van der Waals surface area contributed by atoms with Gasteiger partial charge in [0, 0.05) is 28.9 Å². The van der Waals surface area contributed by atoms with Gasteiger partial charge >= 0.3 is 0 Å². The van der Waals surface area contributed by atoms with E-state index in [0.29, 0.717) is 6.04 Å². The van der Waals surface area contributed by atoms with Crippen LogP contribution in [0.25, 0.3) is 21.9 Å². The number of anilines is 2. The molecule has 1 aliphatic rings. The van der Waals surface area contributed by atoms with E-state index in [9.17, 15) is 0 Å². The number of pyridine rings is 1. The Morgan fingerprint density at radius 3 is 2.50 bits per heavy atom. The lowest BCUT2D eigenvalue weighted by molar-refractivity contribution is 0.664. The molecule has 1 aromatic heterocycles. The van der Waals surface area contributed by atoms with Crippen molar-refractivity contribution in [2.45, 2.75) is 18.9 Å². The first-order valence-electron chi connectivity index (χ1n) is 8.39. The van der Waals surface area contributed by atoms with E-state index in [2.05, 4.69) is 46.7 Å².